The minimum atomic E-state index is -0.575. The van der Waals surface area contributed by atoms with Gasteiger partial charge in [-0.15, -0.1) is 0 Å². The van der Waals surface area contributed by atoms with Gasteiger partial charge in [0, 0.05) is 10.4 Å². The zero-order valence-corrected chi connectivity index (χ0v) is 16.5. The first-order valence-corrected chi connectivity index (χ1v) is 9.88. The van der Waals surface area contributed by atoms with Crippen LogP contribution in [0.4, 0.5) is 0 Å². The van der Waals surface area contributed by atoms with Gasteiger partial charge >= 0.3 is 0 Å². The van der Waals surface area contributed by atoms with E-state index in [0.717, 1.165) is 28.4 Å². The highest BCUT2D eigenvalue weighted by Gasteiger charge is 2.48. The maximum absolute atomic E-state index is 13.0. The summed E-state index contributed by atoms with van der Waals surface area (Å²) in [6.07, 6.45) is 1.65. The molecule has 0 saturated heterocycles. The summed E-state index contributed by atoms with van der Waals surface area (Å²) in [6, 6.07) is 16.4. The van der Waals surface area contributed by atoms with E-state index in [1.807, 2.05) is 61.5 Å². The lowest BCUT2D eigenvalue weighted by molar-refractivity contribution is -0.131. The number of carbonyl (C=O) groups is 2. The number of nitrogens with zero attached hydrogens (tertiary/aromatic N) is 1. The lowest BCUT2D eigenvalue weighted by Gasteiger charge is -2.32. The normalized spacial score (nSPS) is 20.9. The summed E-state index contributed by atoms with van der Waals surface area (Å²) in [5.41, 5.74) is 2.02. The molecule has 2 atom stereocenters. The van der Waals surface area contributed by atoms with Crippen LogP contribution in [0, 0.1) is 5.92 Å². The summed E-state index contributed by atoms with van der Waals surface area (Å²) in [4.78, 5) is 27.5. The molecule has 4 rings (SSSR count). The summed E-state index contributed by atoms with van der Waals surface area (Å²) >= 11 is 3.43. The van der Waals surface area contributed by atoms with Crippen molar-refractivity contribution >= 4 is 27.6 Å². The number of hydrogen-bond acceptors (Lipinski definition) is 3. The van der Waals surface area contributed by atoms with E-state index >= 15 is 0 Å². The number of benzene rings is 2. The Morgan fingerprint density at radius 3 is 2.33 bits per heavy atom. The lowest BCUT2D eigenvalue weighted by Crippen LogP contribution is -2.33. The molecular formula is C22H20BrNO3. The van der Waals surface area contributed by atoms with Crippen molar-refractivity contribution in [2.45, 2.75) is 31.8 Å². The molecule has 1 amide bonds. The molecule has 1 saturated carbocycles. The Hall–Kier alpha value is -2.40. The van der Waals surface area contributed by atoms with E-state index in [-0.39, 0.29) is 23.3 Å². The van der Waals surface area contributed by atoms with Crippen LogP contribution in [-0.4, -0.2) is 21.7 Å². The third-order valence-electron chi connectivity index (χ3n) is 5.34. The van der Waals surface area contributed by atoms with Gasteiger partial charge in [-0.1, -0.05) is 58.4 Å². The number of amides is 1. The standard InChI is InChI=1S/C22H20BrNO3/c1-13(14-5-3-2-4-6-14)24-19(15-9-11-17(23)12-10-15)18(21(26)22(24)27)20(25)16-7-8-16/h2-6,9-13,16,19,26H,7-8H2,1H3. The van der Waals surface area contributed by atoms with Gasteiger partial charge in [0.25, 0.3) is 5.91 Å². The van der Waals surface area contributed by atoms with Crippen molar-refractivity contribution in [2.24, 2.45) is 5.92 Å². The average Bonchev–Trinajstić information content (AvgIpc) is 3.50. The van der Waals surface area contributed by atoms with Crippen molar-refractivity contribution in [1.29, 1.82) is 0 Å². The van der Waals surface area contributed by atoms with Gasteiger partial charge in [-0.2, -0.15) is 0 Å². The molecular weight excluding hydrogens is 406 g/mol. The third kappa shape index (κ3) is 3.21. The molecule has 2 aliphatic rings. The van der Waals surface area contributed by atoms with Crippen molar-refractivity contribution in [2.75, 3.05) is 0 Å². The zero-order valence-electron chi connectivity index (χ0n) is 14.9. The fraction of sp³-hybridized carbons (Fsp3) is 0.273. The Bertz CT molecular complexity index is 916. The Balaban J connectivity index is 1.81. The molecule has 0 spiro atoms. The van der Waals surface area contributed by atoms with E-state index < -0.39 is 17.7 Å². The maximum Gasteiger partial charge on any atom is 0.290 e. The molecule has 0 aromatic heterocycles. The monoisotopic (exact) mass is 425 g/mol. The van der Waals surface area contributed by atoms with Gasteiger partial charge in [-0.25, -0.2) is 0 Å². The summed E-state index contributed by atoms with van der Waals surface area (Å²) in [7, 11) is 0. The number of aliphatic hydroxyl groups excluding tert-OH is 1. The van der Waals surface area contributed by atoms with Gasteiger partial charge in [-0.05, 0) is 43.0 Å². The van der Waals surface area contributed by atoms with Crippen molar-refractivity contribution in [3.05, 3.63) is 81.5 Å². The van der Waals surface area contributed by atoms with E-state index in [2.05, 4.69) is 15.9 Å². The van der Waals surface area contributed by atoms with Gasteiger partial charge in [0.15, 0.2) is 11.5 Å². The highest BCUT2D eigenvalue weighted by atomic mass is 79.9. The first kappa shape index (κ1) is 18.0. The predicted octanol–water partition coefficient (Wildman–Crippen LogP) is 4.88. The second-order valence-corrected chi connectivity index (χ2v) is 8.07. The van der Waals surface area contributed by atoms with Gasteiger partial charge in [0.1, 0.15) is 0 Å². The van der Waals surface area contributed by atoms with Crippen LogP contribution in [0.15, 0.2) is 70.4 Å². The third-order valence-corrected chi connectivity index (χ3v) is 5.87. The second kappa shape index (κ2) is 6.97. The van der Waals surface area contributed by atoms with E-state index in [0.29, 0.717) is 0 Å². The Labute approximate surface area is 166 Å². The fourth-order valence-corrected chi connectivity index (χ4v) is 3.97. The lowest BCUT2D eigenvalue weighted by atomic mass is 9.93. The molecule has 1 aliphatic heterocycles. The van der Waals surface area contributed by atoms with E-state index in [1.165, 1.54) is 0 Å². The van der Waals surface area contributed by atoms with Gasteiger partial charge < -0.3 is 10.0 Å². The molecule has 1 N–H and O–H groups in total. The van der Waals surface area contributed by atoms with E-state index in [9.17, 15) is 14.7 Å². The van der Waals surface area contributed by atoms with Crippen LogP contribution < -0.4 is 0 Å². The van der Waals surface area contributed by atoms with Crippen molar-refractivity contribution < 1.29 is 14.7 Å². The number of Topliss-reactive ketones (excluding diaryl/α,β-unsaturated/α-hetero) is 1. The fourth-order valence-electron chi connectivity index (χ4n) is 3.70. The van der Waals surface area contributed by atoms with Crippen LogP contribution in [-0.2, 0) is 9.59 Å². The second-order valence-electron chi connectivity index (χ2n) is 7.15. The SMILES string of the molecule is CC(c1ccccc1)N1C(=O)C(O)=C(C(=O)C2CC2)C1c1ccc(Br)cc1. The minimum absolute atomic E-state index is 0.0696. The van der Waals surface area contributed by atoms with Gasteiger partial charge in [-0.3, -0.25) is 9.59 Å². The molecule has 0 radical (unpaired) electrons. The average molecular weight is 426 g/mol. The summed E-state index contributed by atoms with van der Waals surface area (Å²) in [6.45, 7) is 1.93. The summed E-state index contributed by atoms with van der Waals surface area (Å²) in [5.74, 6) is -1.05. The smallest absolute Gasteiger partial charge is 0.290 e. The number of carbonyl (C=O) groups excluding carboxylic acids is 2. The predicted molar refractivity (Wildman–Crippen MR) is 106 cm³/mol. The van der Waals surface area contributed by atoms with E-state index in [4.69, 9.17) is 0 Å². The van der Waals surface area contributed by atoms with Crippen LogP contribution in [0.25, 0.3) is 0 Å². The van der Waals surface area contributed by atoms with Crippen molar-refractivity contribution in [3.63, 3.8) is 0 Å². The summed E-state index contributed by atoms with van der Waals surface area (Å²) in [5, 5.41) is 10.6. The molecule has 2 aromatic rings. The Morgan fingerprint density at radius 1 is 1.11 bits per heavy atom. The van der Waals surface area contributed by atoms with Crippen LogP contribution in [0.1, 0.15) is 43.0 Å². The number of hydrogen-bond donors (Lipinski definition) is 1. The Kier molecular flexibility index (Phi) is 4.64. The topological polar surface area (TPSA) is 57.6 Å². The number of ketones is 1. The molecule has 2 aromatic carbocycles. The van der Waals surface area contributed by atoms with Gasteiger partial charge in [0.05, 0.1) is 17.7 Å². The number of aliphatic hydroxyl groups is 1. The molecule has 0 bridgehead atoms. The molecule has 2 unspecified atom stereocenters. The van der Waals surface area contributed by atoms with Crippen molar-refractivity contribution in [1.82, 2.24) is 4.90 Å². The summed E-state index contributed by atoms with van der Waals surface area (Å²) < 4.78 is 0.918. The molecule has 4 nitrogen and oxygen atoms in total. The van der Waals surface area contributed by atoms with E-state index in [1.54, 1.807) is 4.90 Å². The van der Waals surface area contributed by atoms with Crippen LogP contribution in [0.5, 0.6) is 0 Å². The molecule has 1 fully saturated rings. The maximum atomic E-state index is 13.0. The number of halogens is 1. The highest BCUT2D eigenvalue weighted by molar-refractivity contribution is 9.10. The first-order valence-electron chi connectivity index (χ1n) is 9.09. The zero-order chi connectivity index (χ0) is 19.1. The quantitative estimate of drug-likeness (QED) is 0.741. The molecule has 5 heteroatoms. The van der Waals surface area contributed by atoms with Crippen LogP contribution in [0.3, 0.4) is 0 Å². The van der Waals surface area contributed by atoms with Gasteiger partial charge in [0.2, 0.25) is 0 Å². The number of rotatable bonds is 5. The first-order chi connectivity index (χ1) is 13.0. The molecule has 1 aliphatic carbocycles. The molecule has 138 valence electrons. The minimum Gasteiger partial charge on any atom is -0.503 e. The van der Waals surface area contributed by atoms with Crippen LogP contribution in [0.2, 0.25) is 0 Å². The Morgan fingerprint density at radius 2 is 1.74 bits per heavy atom. The highest BCUT2D eigenvalue weighted by Crippen LogP contribution is 2.46. The molecule has 27 heavy (non-hydrogen) atoms. The largest absolute Gasteiger partial charge is 0.503 e. The van der Waals surface area contributed by atoms with Crippen molar-refractivity contribution in [3.8, 4) is 0 Å². The van der Waals surface area contributed by atoms with Crippen LogP contribution >= 0.6 is 15.9 Å². The molecule has 1 heterocycles.